The Morgan fingerprint density at radius 2 is 2.17 bits per heavy atom. The van der Waals surface area contributed by atoms with Crippen LogP contribution < -0.4 is 5.73 Å². The number of amides is 1. The van der Waals surface area contributed by atoms with Gasteiger partial charge in [0, 0.05) is 16.4 Å². The molecule has 2 N–H and O–H groups in total. The number of rotatable bonds is 1. The van der Waals surface area contributed by atoms with E-state index in [1.165, 1.54) is 12.1 Å². The van der Waals surface area contributed by atoms with Gasteiger partial charge in [-0.05, 0) is 24.6 Å². The van der Waals surface area contributed by atoms with Crippen LogP contribution >= 0.6 is 0 Å². The number of hydrogen-bond acceptors (Lipinski definition) is 3. The standard InChI is InChI=1S/C8H8N2O2/c1-5-2-3-6(4-7(5)9)8(11)10-12/h2-4H,9H2,1H3. The van der Waals surface area contributed by atoms with Crippen LogP contribution in [0.15, 0.2) is 23.4 Å². The SMILES string of the molecule is Cc1ccc(C(=O)N=O)cc1N. The van der Waals surface area contributed by atoms with Crippen molar-refractivity contribution < 1.29 is 4.79 Å². The summed E-state index contributed by atoms with van der Waals surface area (Å²) in [5.74, 6) is -0.790. The van der Waals surface area contributed by atoms with Crippen LogP contribution in [0.1, 0.15) is 15.9 Å². The lowest BCUT2D eigenvalue weighted by Gasteiger charge is -1.99. The van der Waals surface area contributed by atoms with Gasteiger partial charge in [-0.25, -0.2) is 0 Å². The lowest BCUT2D eigenvalue weighted by molar-refractivity contribution is 0.100. The number of aryl methyl sites for hydroxylation is 1. The molecule has 0 aliphatic heterocycles. The summed E-state index contributed by atoms with van der Waals surface area (Å²) in [6.45, 7) is 1.82. The van der Waals surface area contributed by atoms with Gasteiger partial charge in [-0.15, -0.1) is 4.91 Å². The molecule has 4 heteroatoms. The summed E-state index contributed by atoms with van der Waals surface area (Å²) in [6, 6.07) is 4.64. The highest BCUT2D eigenvalue weighted by atomic mass is 16.3. The number of anilines is 1. The van der Waals surface area contributed by atoms with E-state index in [0.29, 0.717) is 5.69 Å². The second kappa shape index (κ2) is 3.13. The van der Waals surface area contributed by atoms with Crippen LogP contribution in [0.5, 0.6) is 0 Å². The monoisotopic (exact) mass is 164 g/mol. The van der Waals surface area contributed by atoms with Crippen LogP contribution in [0.2, 0.25) is 0 Å². The first-order valence-corrected chi connectivity index (χ1v) is 3.39. The lowest BCUT2D eigenvalue weighted by atomic mass is 10.1. The Labute approximate surface area is 69.4 Å². The Balaban J connectivity index is 3.13. The van der Waals surface area contributed by atoms with E-state index < -0.39 is 5.91 Å². The van der Waals surface area contributed by atoms with Crippen molar-refractivity contribution in [1.82, 2.24) is 0 Å². The van der Waals surface area contributed by atoms with Gasteiger partial charge in [0.15, 0.2) is 0 Å². The molecule has 1 rings (SSSR count). The van der Waals surface area contributed by atoms with Gasteiger partial charge in [0.05, 0.1) is 0 Å². The van der Waals surface area contributed by atoms with Gasteiger partial charge in [0.1, 0.15) is 0 Å². The molecule has 0 bridgehead atoms. The fourth-order valence-electron chi connectivity index (χ4n) is 0.826. The molecule has 0 radical (unpaired) electrons. The van der Waals surface area contributed by atoms with Crippen molar-refractivity contribution in [1.29, 1.82) is 0 Å². The summed E-state index contributed by atoms with van der Waals surface area (Å²) in [6.07, 6.45) is 0. The highest BCUT2D eigenvalue weighted by Crippen LogP contribution is 2.13. The summed E-state index contributed by atoms with van der Waals surface area (Å²) in [5.41, 5.74) is 7.11. The van der Waals surface area contributed by atoms with E-state index in [-0.39, 0.29) is 5.56 Å². The van der Waals surface area contributed by atoms with Crippen molar-refractivity contribution in [2.75, 3.05) is 5.73 Å². The van der Waals surface area contributed by atoms with Gasteiger partial charge in [-0.1, -0.05) is 6.07 Å². The smallest absolute Gasteiger partial charge is 0.316 e. The zero-order valence-corrected chi connectivity index (χ0v) is 6.57. The Hall–Kier alpha value is -1.71. The first-order valence-electron chi connectivity index (χ1n) is 3.39. The van der Waals surface area contributed by atoms with Gasteiger partial charge in [0.25, 0.3) is 0 Å². The molecule has 0 saturated heterocycles. The molecule has 4 nitrogen and oxygen atoms in total. The topological polar surface area (TPSA) is 72.5 Å². The molecule has 12 heavy (non-hydrogen) atoms. The van der Waals surface area contributed by atoms with E-state index >= 15 is 0 Å². The van der Waals surface area contributed by atoms with Crippen molar-refractivity contribution in [3.8, 4) is 0 Å². The van der Waals surface area contributed by atoms with Crippen LogP contribution in [-0.4, -0.2) is 5.91 Å². The number of nitrogens with two attached hydrogens (primary N) is 1. The number of nitrogens with zero attached hydrogens (tertiary/aromatic N) is 1. The molecule has 0 unspecified atom stereocenters. The molecule has 0 fully saturated rings. The highest BCUT2D eigenvalue weighted by Gasteiger charge is 2.05. The van der Waals surface area contributed by atoms with Crippen LogP contribution in [0.25, 0.3) is 0 Å². The largest absolute Gasteiger partial charge is 0.398 e. The van der Waals surface area contributed by atoms with Gasteiger partial charge >= 0.3 is 5.91 Å². The maximum atomic E-state index is 10.7. The lowest BCUT2D eigenvalue weighted by Crippen LogP contribution is -1.97. The van der Waals surface area contributed by atoms with E-state index in [1.54, 1.807) is 6.07 Å². The van der Waals surface area contributed by atoms with E-state index in [1.807, 2.05) is 6.92 Å². The number of carbonyl (C=O) groups excluding carboxylic acids is 1. The van der Waals surface area contributed by atoms with Crippen molar-refractivity contribution in [3.05, 3.63) is 34.2 Å². The summed E-state index contributed by atoms with van der Waals surface area (Å²) in [5, 5.41) is 2.29. The van der Waals surface area contributed by atoms with Crippen LogP contribution in [0.4, 0.5) is 5.69 Å². The molecule has 0 aliphatic carbocycles. The molecular formula is C8H8N2O2. The number of nitrogen functional groups attached to an aromatic ring is 1. The van der Waals surface area contributed by atoms with Crippen LogP contribution in [0.3, 0.4) is 0 Å². The third-order valence-electron chi connectivity index (χ3n) is 1.61. The minimum absolute atomic E-state index is 0.230. The fraction of sp³-hybridized carbons (Fsp3) is 0.125. The zero-order valence-electron chi connectivity index (χ0n) is 6.57. The van der Waals surface area contributed by atoms with E-state index in [2.05, 4.69) is 5.18 Å². The normalized spacial score (nSPS) is 9.42. The van der Waals surface area contributed by atoms with Crippen molar-refractivity contribution in [2.45, 2.75) is 6.92 Å². The minimum Gasteiger partial charge on any atom is -0.398 e. The van der Waals surface area contributed by atoms with E-state index in [0.717, 1.165) is 5.56 Å². The molecule has 0 aliphatic rings. The first kappa shape index (κ1) is 8.39. The number of benzene rings is 1. The summed E-state index contributed by atoms with van der Waals surface area (Å²) in [7, 11) is 0. The first-order chi connectivity index (χ1) is 5.65. The predicted octanol–water partition coefficient (Wildman–Crippen LogP) is 1.48. The minimum atomic E-state index is -0.790. The van der Waals surface area contributed by atoms with Crippen LogP contribution in [0, 0.1) is 11.8 Å². The highest BCUT2D eigenvalue weighted by molar-refractivity contribution is 5.95. The van der Waals surface area contributed by atoms with E-state index in [9.17, 15) is 9.70 Å². The molecule has 62 valence electrons. The molecule has 0 heterocycles. The molecule has 0 spiro atoms. The zero-order chi connectivity index (χ0) is 9.14. The van der Waals surface area contributed by atoms with Crippen molar-refractivity contribution in [2.24, 2.45) is 5.18 Å². The molecule has 0 saturated carbocycles. The molecule has 0 aromatic heterocycles. The summed E-state index contributed by atoms with van der Waals surface area (Å²) in [4.78, 5) is 20.6. The third-order valence-corrected chi connectivity index (χ3v) is 1.61. The Morgan fingerprint density at radius 3 is 2.67 bits per heavy atom. The molecule has 1 amide bonds. The molecule has 1 aromatic carbocycles. The molecule has 0 atom stereocenters. The third kappa shape index (κ3) is 1.47. The van der Waals surface area contributed by atoms with Crippen molar-refractivity contribution >= 4 is 11.6 Å². The Morgan fingerprint density at radius 1 is 1.50 bits per heavy atom. The predicted molar refractivity (Wildman–Crippen MR) is 45.7 cm³/mol. The summed E-state index contributed by atoms with van der Waals surface area (Å²) < 4.78 is 0. The fourth-order valence-corrected chi connectivity index (χ4v) is 0.826. The van der Waals surface area contributed by atoms with Gasteiger partial charge < -0.3 is 5.73 Å². The van der Waals surface area contributed by atoms with E-state index in [4.69, 9.17) is 5.73 Å². The molecular weight excluding hydrogens is 156 g/mol. The maximum Gasteiger partial charge on any atom is 0.316 e. The number of nitroso groups, excluding NO2 is 1. The number of carbonyl (C=O) groups is 1. The van der Waals surface area contributed by atoms with Crippen molar-refractivity contribution in [3.63, 3.8) is 0 Å². The second-order valence-electron chi connectivity index (χ2n) is 2.47. The van der Waals surface area contributed by atoms with Gasteiger partial charge in [-0.2, -0.15) is 0 Å². The quantitative estimate of drug-likeness (QED) is 0.504. The van der Waals surface area contributed by atoms with Crippen LogP contribution in [-0.2, 0) is 0 Å². The maximum absolute atomic E-state index is 10.7. The summed E-state index contributed by atoms with van der Waals surface area (Å²) >= 11 is 0. The van der Waals surface area contributed by atoms with Gasteiger partial charge in [0.2, 0.25) is 0 Å². The Kier molecular flexibility index (Phi) is 2.19. The Bertz CT molecular complexity index is 334. The average molecular weight is 164 g/mol. The molecule has 1 aromatic rings. The second-order valence-corrected chi connectivity index (χ2v) is 2.47. The van der Waals surface area contributed by atoms with Gasteiger partial charge in [-0.3, -0.25) is 4.79 Å². The number of hydrogen-bond donors (Lipinski definition) is 1. The average Bonchev–Trinajstić information content (AvgIpc) is 2.08.